The number of aryl methyl sites for hydroxylation is 1. The lowest BCUT2D eigenvalue weighted by atomic mass is 10.0. The summed E-state index contributed by atoms with van der Waals surface area (Å²) in [5, 5.41) is 2.84. The van der Waals surface area contributed by atoms with Crippen LogP contribution in [0.4, 0.5) is 0 Å². The lowest BCUT2D eigenvalue weighted by Crippen LogP contribution is -2.47. The van der Waals surface area contributed by atoms with Crippen molar-refractivity contribution < 1.29 is 4.79 Å². The molecule has 0 aliphatic carbocycles. The Morgan fingerprint density at radius 3 is 2.71 bits per heavy atom. The number of halogens is 1. The predicted octanol–water partition coefficient (Wildman–Crippen LogP) is 1.52. The molecule has 4 nitrogen and oxygen atoms in total. The van der Waals surface area contributed by atoms with Crippen molar-refractivity contribution in [3.8, 4) is 0 Å². The summed E-state index contributed by atoms with van der Waals surface area (Å²) in [6.07, 6.45) is 2.30. The Balaban J connectivity index is 2.90. The molecule has 0 saturated carbocycles. The van der Waals surface area contributed by atoms with E-state index >= 15 is 0 Å². The van der Waals surface area contributed by atoms with Gasteiger partial charge >= 0.3 is 0 Å². The first kappa shape index (κ1) is 13.8. The maximum absolute atomic E-state index is 11.9. The van der Waals surface area contributed by atoms with Crippen molar-refractivity contribution in [1.29, 1.82) is 0 Å². The van der Waals surface area contributed by atoms with E-state index < -0.39 is 5.54 Å². The lowest BCUT2D eigenvalue weighted by Gasteiger charge is -2.27. The number of carbonyl (C=O) groups excluding carboxylic acids is 1. The predicted molar refractivity (Wildman–Crippen MR) is 68.6 cm³/mol. The van der Waals surface area contributed by atoms with Gasteiger partial charge in [0.2, 0.25) is 0 Å². The normalized spacial score (nSPS) is 14.1. The van der Waals surface area contributed by atoms with Crippen LogP contribution in [-0.4, -0.2) is 21.9 Å². The number of hydrogen-bond acceptors (Lipinski definition) is 2. The second-order valence-corrected chi connectivity index (χ2v) is 4.63. The standard InChI is InChI=1S/C12H17ClN2O2/c1-4-12(2,8-13)14-11(17)9-5-6-15(3)10(16)7-9/h5-7H,4,8H2,1-3H3,(H,14,17). The number of rotatable bonds is 4. The number of carbonyl (C=O) groups is 1. The van der Waals surface area contributed by atoms with Crippen LogP contribution in [0.1, 0.15) is 30.6 Å². The highest BCUT2D eigenvalue weighted by atomic mass is 35.5. The number of pyridine rings is 1. The summed E-state index contributed by atoms with van der Waals surface area (Å²) in [5.41, 5.74) is -0.292. The first-order valence-electron chi connectivity index (χ1n) is 5.47. The van der Waals surface area contributed by atoms with Crippen molar-refractivity contribution in [2.75, 3.05) is 5.88 Å². The zero-order valence-corrected chi connectivity index (χ0v) is 11.0. The van der Waals surface area contributed by atoms with E-state index in [4.69, 9.17) is 11.6 Å². The van der Waals surface area contributed by atoms with Gasteiger partial charge in [-0.25, -0.2) is 0 Å². The molecule has 17 heavy (non-hydrogen) atoms. The molecule has 1 rings (SSSR count). The summed E-state index contributed by atoms with van der Waals surface area (Å²) >= 11 is 5.82. The molecule has 1 N–H and O–H groups in total. The van der Waals surface area contributed by atoms with Crippen LogP contribution in [-0.2, 0) is 7.05 Å². The molecule has 1 atom stereocenters. The zero-order chi connectivity index (χ0) is 13.1. The van der Waals surface area contributed by atoms with Crippen molar-refractivity contribution >= 4 is 17.5 Å². The minimum Gasteiger partial charge on any atom is -0.346 e. The average Bonchev–Trinajstić information content (AvgIpc) is 2.32. The van der Waals surface area contributed by atoms with Gasteiger partial charge in [-0.15, -0.1) is 11.6 Å². The van der Waals surface area contributed by atoms with E-state index in [1.54, 1.807) is 19.3 Å². The smallest absolute Gasteiger partial charge is 0.251 e. The van der Waals surface area contributed by atoms with E-state index in [9.17, 15) is 9.59 Å². The summed E-state index contributed by atoms with van der Waals surface area (Å²) < 4.78 is 1.41. The second-order valence-electron chi connectivity index (χ2n) is 4.37. The molecule has 1 unspecified atom stereocenters. The van der Waals surface area contributed by atoms with Crippen LogP contribution < -0.4 is 10.9 Å². The summed E-state index contributed by atoms with van der Waals surface area (Å²) in [6.45, 7) is 3.83. The van der Waals surface area contributed by atoms with Crippen LogP contribution in [0.15, 0.2) is 23.1 Å². The molecule has 0 radical (unpaired) electrons. The third-order valence-corrected chi connectivity index (χ3v) is 3.45. The fraction of sp³-hybridized carbons (Fsp3) is 0.500. The number of amides is 1. The van der Waals surface area contributed by atoms with Crippen molar-refractivity contribution in [3.63, 3.8) is 0 Å². The lowest BCUT2D eigenvalue weighted by molar-refractivity contribution is 0.0912. The second kappa shape index (κ2) is 5.36. The van der Waals surface area contributed by atoms with Crippen LogP contribution in [0.2, 0.25) is 0 Å². The minimum absolute atomic E-state index is 0.207. The van der Waals surface area contributed by atoms with Crippen molar-refractivity contribution in [3.05, 3.63) is 34.2 Å². The van der Waals surface area contributed by atoms with E-state index in [0.717, 1.165) is 6.42 Å². The van der Waals surface area contributed by atoms with Crippen molar-refractivity contribution in [2.24, 2.45) is 7.05 Å². The number of aromatic nitrogens is 1. The minimum atomic E-state index is -0.445. The molecule has 1 aromatic heterocycles. The van der Waals surface area contributed by atoms with E-state index in [1.165, 1.54) is 10.6 Å². The van der Waals surface area contributed by atoms with Crippen LogP contribution >= 0.6 is 11.6 Å². The Labute approximate surface area is 106 Å². The van der Waals surface area contributed by atoms with Gasteiger partial charge in [0.25, 0.3) is 11.5 Å². The Hall–Kier alpha value is -1.29. The number of alkyl halides is 1. The van der Waals surface area contributed by atoms with E-state index in [-0.39, 0.29) is 11.5 Å². The van der Waals surface area contributed by atoms with E-state index in [1.807, 2.05) is 13.8 Å². The maximum Gasteiger partial charge on any atom is 0.251 e. The molecule has 94 valence electrons. The van der Waals surface area contributed by atoms with Crippen LogP contribution in [0, 0.1) is 0 Å². The molecule has 0 fully saturated rings. The van der Waals surface area contributed by atoms with Gasteiger partial charge in [-0.05, 0) is 19.4 Å². The number of hydrogen-bond donors (Lipinski definition) is 1. The van der Waals surface area contributed by atoms with Gasteiger partial charge in [-0.3, -0.25) is 9.59 Å². The third-order valence-electron chi connectivity index (χ3n) is 2.86. The summed E-state index contributed by atoms with van der Waals surface area (Å²) in [6, 6.07) is 2.93. The molecule has 1 amide bonds. The molecule has 0 bridgehead atoms. The van der Waals surface area contributed by atoms with Gasteiger partial charge in [-0.1, -0.05) is 6.92 Å². The van der Waals surface area contributed by atoms with Gasteiger partial charge in [0, 0.05) is 30.8 Å². The molecule has 0 aromatic carbocycles. The Bertz CT molecular complexity index is 464. The maximum atomic E-state index is 11.9. The first-order valence-corrected chi connectivity index (χ1v) is 6.00. The van der Waals surface area contributed by atoms with Crippen molar-refractivity contribution in [1.82, 2.24) is 9.88 Å². The van der Waals surface area contributed by atoms with Gasteiger partial charge in [0.05, 0.1) is 5.54 Å². The highest BCUT2D eigenvalue weighted by molar-refractivity contribution is 6.18. The summed E-state index contributed by atoms with van der Waals surface area (Å²) in [5.74, 6) is 0.0628. The Kier molecular flexibility index (Phi) is 4.34. The molecule has 1 aromatic rings. The van der Waals surface area contributed by atoms with Gasteiger partial charge < -0.3 is 9.88 Å². The Morgan fingerprint density at radius 2 is 2.24 bits per heavy atom. The molecule has 0 aliphatic heterocycles. The highest BCUT2D eigenvalue weighted by Crippen LogP contribution is 2.12. The average molecular weight is 257 g/mol. The van der Waals surface area contributed by atoms with Gasteiger partial charge in [0.15, 0.2) is 0 Å². The first-order chi connectivity index (χ1) is 7.91. The zero-order valence-electron chi connectivity index (χ0n) is 10.3. The fourth-order valence-electron chi connectivity index (χ4n) is 1.25. The molecular formula is C12H17ClN2O2. The van der Waals surface area contributed by atoms with Crippen molar-refractivity contribution in [2.45, 2.75) is 25.8 Å². The molecule has 0 saturated heterocycles. The number of nitrogens with one attached hydrogen (secondary N) is 1. The molecule has 1 heterocycles. The van der Waals surface area contributed by atoms with Gasteiger partial charge in [-0.2, -0.15) is 0 Å². The molecule has 5 heteroatoms. The van der Waals surface area contributed by atoms with E-state index in [2.05, 4.69) is 5.32 Å². The molecular weight excluding hydrogens is 240 g/mol. The topological polar surface area (TPSA) is 51.1 Å². The van der Waals surface area contributed by atoms with Crippen LogP contribution in [0.25, 0.3) is 0 Å². The van der Waals surface area contributed by atoms with Gasteiger partial charge in [0.1, 0.15) is 0 Å². The third kappa shape index (κ3) is 3.33. The molecule has 0 spiro atoms. The molecule has 0 aliphatic rings. The highest BCUT2D eigenvalue weighted by Gasteiger charge is 2.23. The van der Waals surface area contributed by atoms with Crippen LogP contribution in [0.3, 0.4) is 0 Å². The summed E-state index contributed by atoms with van der Waals surface area (Å²) in [7, 11) is 1.64. The number of nitrogens with zero attached hydrogens (tertiary/aromatic N) is 1. The van der Waals surface area contributed by atoms with E-state index in [0.29, 0.717) is 11.4 Å². The monoisotopic (exact) mass is 256 g/mol. The quantitative estimate of drug-likeness (QED) is 0.831. The SMILES string of the molecule is CCC(C)(CCl)NC(=O)c1ccn(C)c(=O)c1. The summed E-state index contributed by atoms with van der Waals surface area (Å²) in [4.78, 5) is 23.3. The Morgan fingerprint density at radius 1 is 1.59 bits per heavy atom. The largest absolute Gasteiger partial charge is 0.346 e. The van der Waals surface area contributed by atoms with Crippen LogP contribution in [0.5, 0.6) is 0 Å². The fourth-order valence-corrected chi connectivity index (χ4v) is 1.51.